The number of pyridine rings is 2. The highest BCUT2D eigenvalue weighted by Crippen LogP contribution is 2.32. The summed E-state index contributed by atoms with van der Waals surface area (Å²) in [7, 11) is 1.73. The van der Waals surface area contributed by atoms with Crippen molar-refractivity contribution in [2.24, 2.45) is 13.0 Å². The number of anilines is 1. The lowest BCUT2D eigenvalue weighted by Crippen LogP contribution is -2.45. The Bertz CT molecular complexity index is 1250. The third-order valence-electron chi connectivity index (χ3n) is 7.16. The molecule has 6 heteroatoms. The number of ether oxygens (including phenoxy) is 1. The molecule has 1 aliphatic rings. The van der Waals surface area contributed by atoms with Crippen molar-refractivity contribution >= 4 is 16.7 Å². The molecule has 0 amide bonds. The Hall–Kier alpha value is -3.33. The molecule has 1 aromatic carbocycles. The van der Waals surface area contributed by atoms with E-state index in [-0.39, 0.29) is 23.0 Å². The molecule has 0 saturated carbocycles. The minimum Gasteiger partial charge on any atom is -0.490 e. The van der Waals surface area contributed by atoms with E-state index in [0.29, 0.717) is 11.2 Å². The van der Waals surface area contributed by atoms with Crippen molar-refractivity contribution in [3.63, 3.8) is 0 Å². The van der Waals surface area contributed by atoms with Crippen molar-refractivity contribution in [3.8, 4) is 11.8 Å². The van der Waals surface area contributed by atoms with Crippen molar-refractivity contribution in [2.75, 3.05) is 18.0 Å². The number of hydrogen-bond acceptors (Lipinski definition) is 5. The van der Waals surface area contributed by atoms with Crippen molar-refractivity contribution in [1.82, 2.24) is 9.55 Å². The van der Waals surface area contributed by atoms with E-state index in [4.69, 9.17) is 4.74 Å². The van der Waals surface area contributed by atoms with E-state index in [0.717, 1.165) is 42.9 Å². The molecule has 3 aromatic rings. The second kappa shape index (κ2) is 8.90. The largest absolute Gasteiger partial charge is 0.490 e. The average Bonchev–Trinajstić information content (AvgIpc) is 2.82. The Morgan fingerprint density at radius 2 is 1.94 bits per heavy atom. The number of hydrogen-bond donors (Lipinski definition) is 0. The van der Waals surface area contributed by atoms with Crippen LogP contribution in [0.4, 0.5) is 5.69 Å². The molecule has 33 heavy (non-hydrogen) atoms. The van der Waals surface area contributed by atoms with E-state index in [1.54, 1.807) is 29.8 Å². The lowest BCUT2D eigenvalue weighted by atomic mass is 9.82. The summed E-state index contributed by atoms with van der Waals surface area (Å²) >= 11 is 0. The van der Waals surface area contributed by atoms with Gasteiger partial charge in [-0.3, -0.25) is 4.79 Å². The minimum absolute atomic E-state index is 0.0786. The quantitative estimate of drug-likeness (QED) is 0.566. The van der Waals surface area contributed by atoms with Gasteiger partial charge in [0.05, 0.1) is 11.2 Å². The van der Waals surface area contributed by atoms with Gasteiger partial charge in [-0.1, -0.05) is 39.8 Å². The van der Waals surface area contributed by atoms with E-state index in [2.05, 4.69) is 67.9 Å². The van der Waals surface area contributed by atoms with Gasteiger partial charge in [0.1, 0.15) is 29.1 Å². The number of nitrogens with zero attached hydrogens (tertiary/aromatic N) is 4. The lowest BCUT2D eigenvalue weighted by Gasteiger charge is -2.38. The first-order valence-corrected chi connectivity index (χ1v) is 11.7. The zero-order chi connectivity index (χ0) is 23.8. The molecular weight excluding hydrogens is 412 g/mol. The molecule has 172 valence electrons. The molecule has 2 atom stereocenters. The Kier molecular flexibility index (Phi) is 6.16. The molecule has 4 rings (SSSR count). The first-order valence-electron chi connectivity index (χ1n) is 11.7. The first-order chi connectivity index (χ1) is 15.7. The third-order valence-corrected chi connectivity index (χ3v) is 7.16. The Morgan fingerprint density at radius 1 is 1.21 bits per heavy atom. The highest BCUT2D eigenvalue weighted by atomic mass is 16.5. The molecule has 0 bridgehead atoms. The maximum atomic E-state index is 12.6. The first kappa shape index (κ1) is 22.8. The molecule has 0 N–H and O–H groups in total. The predicted molar refractivity (Wildman–Crippen MR) is 132 cm³/mol. The molecule has 1 fully saturated rings. The van der Waals surface area contributed by atoms with Crippen LogP contribution in [0.1, 0.15) is 51.8 Å². The van der Waals surface area contributed by atoms with Gasteiger partial charge in [-0.15, -0.1) is 0 Å². The minimum atomic E-state index is -0.0786. The summed E-state index contributed by atoms with van der Waals surface area (Å²) in [5.74, 6) is 1.17. The predicted octanol–water partition coefficient (Wildman–Crippen LogP) is 4.79. The van der Waals surface area contributed by atoms with Crippen molar-refractivity contribution in [2.45, 2.75) is 52.1 Å². The summed E-state index contributed by atoms with van der Waals surface area (Å²) in [6.45, 7) is 10.4. The molecule has 3 heterocycles. The zero-order valence-electron chi connectivity index (χ0n) is 20.1. The van der Waals surface area contributed by atoms with Crippen molar-refractivity contribution < 1.29 is 4.74 Å². The van der Waals surface area contributed by atoms with Crippen LogP contribution in [0.5, 0.6) is 5.75 Å². The highest BCUT2D eigenvalue weighted by Gasteiger charge is 2.29. The van der Waals surface area contributed by atoms with E-state index >= 15 is 0 Å². The fraction of sp³-hybridized carbons (Fsp3) is 0.444. The Balaban J connectivity index is 1.53. The maximum Gasteiger partial charge on any atom is 0.252 e. The summed E-state index contributed by atoms with van der Waals surface area (Å²) < 4.78 is 7.95. The number of benzene rings is 1. The summed E-state index contributed by atoms with van der Waals surface area (Å²) in [6.07, 6.45) is 2.04. The molecular formula is C27H32N4O2. The highest BCUT2D eigenvalue weighted by molar-refractivity contribution is 5.88. The number of piperidine rings is 1. The van der Waals surface area contributed by atoms with E-state index in [9.17, 15) is 10.1 Å². The molecule has 1 saturated heterocycles. The third kappa shape index (κ3) is 4.45. The van der Waals surface area contributed by atoms with Gasteiger partial charge in [-0.2, -0.15) is 5.26 Å². The molecule has 0 unspecified atom stereocenters. The molecule has 0 radical (unpaired) electrons. The average molecular weight is 445 g/mol. The fourth-order valence-electron chi connectivity index (χ4n) is 4.50. The number of aryl methyl sites for hydroxylation is 1. The SMILES string of the molecule is CCC(C)(C)c1ccc(O[C@H]2CCN(c3cc(=O)n(C)c4ccc(C#N)nc34)C[C@H]2C)cc1. The van der Waals surface area contributed by atoms with Gasteiger partial charge in [0.2, 0.25) is 0 Å². The van der Waals surface area contributed by atoms with Crippen LogP contribution in [0.25, 0.3) is 11.0 Å². The van der Waals surface area contributed by atoms with Crippen LogP contribution in [0.15, 0.2) is 47.3 Å². The smallest absolute Gasteiger partial charge is 0.252 e. The lowest BCUT2D eigenvalue weighted by molar-refractivity contribution is 0.121. The molecule has 1 aliphatic heterocycles. The van der Waals surface area contributed by atoms with Gasteiger partial charge in [0, 0.05) is 38.5 Å². The zero-order valence-corrected chi connectivity index (χ0v) is 20.1. The van der Waals surface area contributed by atoms with E-state index in [1.165, 1.54) is 5.56 Å². The topological polar surface area (TPSA) is 71.2 Å². The van der Waals surface area contributed by atoms with Gasteiger partial charge in [0.15, 0.2) is 0 Å². The summed E-state index contributed by atoms with van der Waals surface area (Å²) in [4.78, 5) is 19.3. The Labute approximate surface area is 195 Å². The molecule has 0 aliphatic carbocycles. The number of fused-ring (bicyclic) bond motifs is 1. The van der Waals surface area contributed by atoms with Crippen molar-refractivity contribution in [1.29, 1.82) is 5.26 Å². The molecule has 6 nitrogen and oxygen atoms in total. The van der Waals surface area contributed by atoms with Crippen molar-refractivity contribution in [3.05, 3.63) is 64.1 Å². The Morgan fingerprint density at radius 3 is 2.58 bits per heavy atom. The monoisotopic (exact) mass is 444 g/mol. The van der Waals surface area contributed by atoms with Crippen LogP contribution in [-0.4, -0.2) is 28.7 Å². The normalized spacial score (nSPS) is 18.8. The van der Waals surface area contributed by atoms with Gasteiger partial charge in [-0.25, -0.2) is 4.98 Å². The van der Waals surface area contributed by atoms with Gasteiger partial charge < -0.3 is 14.2 Å². The van der Waals surface area contributed by atoms with E-state index < -0.39 is 0 Å². The van der Waals surface area contributed by atoms with Gasteiger partial charge in [0.25, 0.3) is 5.56 Å². The van der Waals surface area contributed by atoms with Crippen LogP contribution >= 0.6 is 0 Å². The summed E-state index contributed by atoms with van der Waals surface area (Å²) in [6, 6.07) is 15.7. The standard InChI is InChI=1S/C27H32N4O2/c1-6-27(3,4)19-7-10-21(11-8-19)33-24-13-14-31(17-18(24)2)23-15-25(32)30(5)22-12-9-20(16-28)29-26(22)23/h7-12,15,18,24H,6,13-14,17H2,1-5H3/t18-,24+/m1/s1. The van der Waals surface area contributed by atoms with E-state index in [1.807, 2.05) is 0 Å². The maximum absolute atomic E-state index is 12.6. The van der Waals surface area contributed by atoms with Crippen LogP contribution < -0.4 is 15.2 Å². The van der Waals surface area contributed by atoms with Crippen LogP contribution in [0.3, 0.4) is 0 Å². The van der Waals surface area contributed by atoms with Crippen LogP contribution in [0.2, 0.25) is 0 Å². The number of nitriles is 1. The summed E-state index contributed by atoms with van der Waals surface area (Å²) in [5.41, 5.74) is 3.97. The fourth-order valence-corrected chi connectivity index (χ4v) is 4.50. The second-order valence-electron chi connectivity index (χ2n) is 9.73. The van der Waals surface area contributed by atoms with Gasteiger partial charge in [-0.05, 0) is 41.7 Å². The number of rotatable bonds is 5. The van der Waals surface area contributed by atoms with Crippen LogP contribution in [0, 0.1) is 17.2 Å². The summed E-state index contributed by atoms with van der Waals surface area (Å²) in [5, 5.41) is 9.30. The number of aromatic nitrogens is 2. The van der Waals surface area contributed by atoms with Crippen LogP contribution in [-0.2, 0) is 12.5 Å². The second-order valence-corrected chi connectivity index (χ2v) is 9.73. The van der Waals surface area contributed by atoms with Gasteiger partial charge >= 0.3 is 0 Å². The molecule has 0 spiro atoms. The molecule has 2 aromatic heterocycles.